The SMILES string of the molecule is COc1ccc(CN(C)C(=O)C2CC3CCCCC3N2)cc1O.Cl. The molecule has 1 saturated heterocycles. The molecule has 3 unspecified atom stereocenters. The summed E-state index contributed by atoms with van der Waals surface area (Å²) in [6, 6.07) is 5.73. The molecule has 1 aliphatic carbocycles. The zero-order valence-corrected chi connectivity index (χ0v) is 15.1. The average Bonchev–Trinajstić information content (AvgIpc) is 2.98. The van der Waals surface area contributed by atoms with Crippen LogP contribution in [0.2, 0.25) is 0 Å². The number of ether oxygens (including phenoxy) is 1. The monoisotopic (exact) mass is 354 g/mol. The number of carbonyl (C=O) groups is 1. The normalized spacial score (nSPS) is 25.5. The first kappa shape index (κ1) is 18.9. The van der Waals surface area contributed by atoms with Crippen molar-refractivity contribution in [1.29, 1.82) is 0 Å². The number of carbonyl (C=O) groups excluding carboxylic acids is 1. The molecule has 1 heterocycles. The molecule has 1 amide bonds. The Balaban J connectivity index is 0.00000208. The van der Waals surface area contributed by atoms with Gasteiger partial charge in [0.2, 0.25) is 5.91 Å². The maximum atomic E-state index is 12.7. The number of phenols is 1. The summed E-state index contributed by atoms with van der Waals surface area (Å²) < 4.78 is 5.05. The highest BCUT2D eigenvalue weighted by Gasteiger charge is 2.39. The summed E-state index contributed by atoms with van der Waals surface area (Å²) in [5, 5.41) is 13.4. The first-order chi connectivity index (χ1) is 11.1. The maximum absolute atomic E-state index is 12.7. The summed E-state index contributed by atoms with van der Waals surface area (Å²) in [5.41, 5.74) is 0.898. The van der Waals surface area contributed by atoms with E-state index in [4.69, 9.17) is 4.74 Å². The molecule has 3 rings (SSSR count). The van der Waals surface area contributed by atoms with Crippen molar-refractivity contribution in [2.24, 2.45) is 5.92 Å². The van der Waals surface area contributed by atoms with Crippen LogP contribution in [0, 0.1) is 5.92 Å². The van der Waals surface area contributed by atoms with E-state index in [1.54, 1.807) is 17.0 Å². The Hall–Kier alpha value is -1.46. The van der Waals surface area contributed by atoms with Crippen LogP contribution >= 0.6 is 12.4 Å². The Bertz CT molecular complexity index is 567. The number of aromatic hydroxyl groups is 1. The van der Waals surface area contributed by atoms with Crippen LogP contribution in [0.3, 0.4) is 0 Å². The standard InChI is InChI=1S/C18H26N2O3.ClH/c1-20(11-12-7-8-17(23-2)16(21)9-12)18(22)15-10-13-5-3-4-6-14(13)19-15;/h7-9,13-15,19,21H,3-6,10-11H2,1-2H3;1H. The summed E-state index contributed by atoms with van der Waals surface area (Å²) in [5.74, 6) is 1.37. The van der Waals surface area contributed by atoms with Gasteiger partial charge in [0.05, 0.1) is 13.2 Å². The van der Waals surface area contributed by atoms with E-state index in [0.717, 1.165) is 12.0 Å². The third kappa shape index (κ3) is 3.95. The summed E-state index contributed by atoms with van der Waals surface area (Å²) in [6.45, 7) is 0.490. The number of likely N-dealkylation sites (N-methyl/N-ethyl adjacent to an activating group) is 1. The highest BCUT2D eigenvalue weighted by Crippen LogP contribution is 2.34. The van der Waals surface area contributed by atoms with Crippen molar-refractivity contribution >= 4 is 18.3 Å². The topological polar surface area (TPSA) is 61.8 Å². The fourth-order valence-electron chi connectivity index (χ4n) is 3.96. The van der Waals surface area contributed by atoms with Gasteiger partial charge in [0.25, 0.3) is 0 Å². The second kappa shape index (κ2) is 8.08. The third-order valence-corrected chi connectivity index (χ3v) is 5.20. The van der Waals surface area contributed by atoms with E-state index in [9.17, 15) is 9.90 Å². The molecule has 2 aliphatic rings. The largest absolute Gasteiger partial charge is 0.504 e. The lowest BCUT2D eigenvalue weighted by Gasteiger charge is -2.24. The molecule has 1 aliphatic heterocycles. The molecule has 0 spiro atoms. The Labute approximate surface area is 149 Å². The van der Waals surface area contributed by atoms with Gasteiger partial charge in [-0.05, 0) is 42.9 Å². The molecule has 5 nitrogen and oxygen atoms in total. The van der Waals surface area contributed by atoms with E-state index in [0.29, 0.717) is 24.3 Å². The molecule has 24 heavy (non-hydrogen) atoms. The number of halogens is 1. The van der Waals surface area contributed by atoms with Crippen LogP contribution in [0.15, 0.2) is 18.2 Å². The van der Waals surface area contributed by atoms with Gasteiger partial charge in [0, 0.05) is 19.6 Å². The van der Waals surface area contributed by atoms with Gasteiger partial charge in [0.15, 0.2) is 11.5 Å². The highest BCUT2D eigenvalue weighted by molar-refractivity contribution is 5.85. The van der Waals surface area contributed by atoms with Gasteiger partial charge in [-0.15, -0.1) is 12.4 Å². The lowest BCUT2D eigenvalue weighted by Crippen LogP contribution is -2.43. The predicted octanol–water partition coefficient (Wildman–Crippen LogP) is 2.70. The molecule has 0 bridgehead atoms. The molecule has 2 N–H and O–H groups in total. The summed E-state index contributed by atoms with van der Waals surface area (Å²) in [7, 11) is 3.35. The average molecular weight is 355 g/mol. The molecular weight excluding hydrogens is 328 g/mol. The van der Waals surface area contributed by atoms with Crippen LogP contribution in [0.25, 0.3) is 0 Å². The Morgan fingerprint density at radius 3 is 2.79 bits per heavy atom. The molecule has 2 fully saturated rings. The second-order valence-electron chi connectivity index (χ2n) is 6.81. The van der Waals surface area contributed by atoms with E-state index < -0.39 is 0 Å². The van der Waals surface area contributed by atoms with Crippen LogP contribution in [-0.2, 0) is 11.3 Å². The molecule has 1 aromatic carbocycles. The number of fused-ring (bicyclic) bond motifs is 1. The number of hydrogen-bond donors (Lipinski definition) is 2. The number of benzene rings is 1. The van der Waals surface area contributed by atoms with Crippen LogP contribution in [0.5, 0.6) is 11.5 Å². The third-order valence-electron chi connectivity index (χ3n) is 5.20. The second-order valence-corrected chi connectivity index (χ2v) is 6.81. The van der Waals surface area contributed by atoms with Crippen molar-refractivity contribution in [3.63, 3.8) is 0 Å². The van der Waals surface area contributed by atoms with Crippen molar-refractivity contribution < 1.29 is 14.6 Å². The van der Waals surface area contributed by atoms with Crippen molar-refractivity contribution in [3.05, 3.63) is 23.8 Å². The van der Waals surface area contributed by atoms with Crippen LogP contribution in [-0.4, -0.2) is 42.2 Å². The molecular formula is C18H27ClN2O3. The molecule has 1 aromatic rings. The van der Waals surface area contributed by atoms with Crippen LogP contribution < -0.4 is 10.1 Å². The fraction of sp³-hybridized carbons (Fsp3) is 0.611. The van der Waals surface area contributed by atoms with Gasteiger partial charge in [-0.25, -0.2) is 0 Å². The number of rotatable bonds is 4. The zero-order chi connectivity index (χ0) is 16.4. The molecule has 6 heteroatoms. The summed E-state index contributed by atoms with van der Waals surface area (Å²) in [6.07, 6.45) is 5.98. The minimum atomic E-state index is -0.0556. The number of phenolic OH excluding ortho intramolecular Hbond substituents is 1. The van der Waals surface area contributed by atoms with Gasteiger partial charge >= 0.3 is 0 Å². The predicted molar refractivity (Wildman–Crippen MR) is 95.7 cm³/mol. The Kier molecular flexibility index (Phi) is 6.35. The van der Waals surface area contributed by atoms with Crippen molar-refractivity contribution in [2.45, 2.75) is 50.7 Å². The first-order valence-electron chi connectivity index (χ1n) is 8.45. The molecule has 0 aromatic heterocycles. The fourth-order valence-corrected chi connectivity index (χ4v) is 3.96. The molecule has 134 valence electrons. The van der Waals surface area contributed by atoms with Crippen molar-refractivity contribution in [2.75, 3.05) is 14.2 Å². The summed E-state index contributed by atoms with van der Waals surface area (Å²) in [4.78, 5) is 14.4. The van der Waals surface area contributed by atoms with E-state index in [2.05, 4.69) is 5.32 Å². The van der Waals surface area contributed by atoms with Crippen molar-refractivity contribution in [1.82, 2.24) is 10.2 Å². The Morgan fingerprint density at radius 2 is 2.12 bits per heavy atom. The highest BCUT2D eigenvalue weighted by atomic mass is 35.5. The van der Waals surface area contributed by atoms with Gasteiger partial charge < -0.3 is 20.1 Å². The zero-order valence-electron chi connectivity index (χ0n) is 14.3. The quantitative estimate of drug-likeness (QED) is 0.872. The van der Waals surface area contributed by atoms with Crippen LogP contribution in [0.4, 0.5) is 0 Å². The minimum absolute atomic E-state index is 0. The van der Waals surface area contributed by atoms with Gasteiger partial charge in [0.1, 0.15) is 0 Å². The van der Waals surface area contributed by atoms with Gasteiger partial charge in [-0.2, -0.15) is 0 Å². The number of hydrogen-bond acceptors (Lipinski definition) is 4. The smallest absolute Gasteiger partial charge is 0.239 e. The molecule has 3 atom stereocenters. The molecule has 0 radical (unpaired) electrons. The van der Waals surface area contributed by atoms with Gasteiger partial charge in [-0.1, -0.05) is 18.9 Å². The first-order valence-corrected chi connectivity index (χ1v) is 8.45. The van der Waals surface area contributed by atoms with E-state index in [1.807, 2.05) is 13.1 Å². The van der Waals surface area contributed by atoms with E-state index >= 15 is 0 Å². The Morgan fingerprint density at radius 1 is 1.38 bits per heavy atom. The van der Waals surface area contributed by atoms with Gasteiger partial charge in [-0.3, -0.25) is 4.79 Å². The summed E-state index contributed by atoms with van der Waals surface area (Å²) >= 11 is 0. The van der Waals surface area contributed by atoms with E-state index in [-0.39, 0.29) is 30.1 Å². The number of nitrogens with zero attached hydrogens (tertiary/aromatic N) is 1. The van der Waals surface area contributed by atoms with Crippen LogP contribution in [0.1, 0.15) is 37.7 Å². The maximum Gasteiger partial charge on any atom is 0.239 e. The number of nitrogens with one attached hydrogen (secondary N) is 1. The number of amides is 1. The van der Waals surface area contributed by atoms with Crippen molar-refractivity contribution in [3.8, 4) is 11.5 Å². The minimum Gasteiger partial charge on any atom is -0.504 e. The number of methoxy groups -OCH3 is 1. The lowest BCUT2D eigenvalue weighted by atomic mass is 9.85. The lowest BCUT2D eigenvalue weighted by molar-refractivity contribution is -0.132. The van der Waals surface area contributed by atoms with E-state index in [1.165, 1.54) is 32.8 Å². The molecule has 1 saturated carbocycles.